The SMILES string of the molecule is COc1ccccc1CC1CCN(C(=O)[C@H]2C[C@@](C)(O)C2)CC1. The predicted octanol–water partition coefficient (Wildman–Crippen LogP) is 2.64. The molecule has 4 heteroatoms. The van der Waals surface area contributed by atoms with Gasteiger partial charge in [0, 0.05) is 19.0 Å². The van der Waals surface area contributed by atoms with Crippen molar-refractivity contribution in [2.24, 2.45) is 11.8 Å². The van der Waals surface area contributed by atoms with E-state index in [0.717, 1.165) is 38.1 Å². The van der Waals surface area contributed by atoms with Gasteiger partial charge in [0.2, 0.25) is 5.91 Å². The molecule has 0 radical (unpaired) electrons. The number of para-hydroxylation sites is 1. The normalized spacial score (nSPS) is 28.3. The first kappa shape index (κ1) is 16.3. The molecular formula is C19H27NO3. The van der Waals surface area contributed by atoms with E-state index in [0.29, 0.717) is 18.8 Å². The number of likely N-dealkylation sites (tertiary alicyclic amines) is 1. The predicted molar refractivity (Wildman–Crippen MR) is 89.3 cm³/mol. The fraction of sp³-hybridized carbons (Fsp3) is 0.632. The number of carbonyl (C=O) groups excluding carboxylic acids is 1. The van der Waals surface area contributed by atoms with Crippen molar-refractivity contribution in [3.05, 3.63) is 29.8 Å². The van der Waals surface area contributed by atoms with Gasteiger partial charge in [0.25, 0.3) is 0 Å². The second-order valence-electron chi connectivity index (χ2n) is 7.39. The van der Waals surface area contributed by atoms with Gasteiger partial charge in [0.15, 0.2) is 0 Å². The number of aliphatic hydroxyl groups is 1. The fourth-order valence-corrected chi connectivity index (χ4v) is 3.97. The minimum Gasteiger partial charge on any atom is -0.496 e. The molecule has 0 unspecified atom stereocenters. The van der Waals surface area contributed by atoms with Crippen LogP contribution in [-0.2, 0) is 11.2 Å². The quantitative estimate of drug-likeness (QED) is 0.929. The van der Waals surface area contributed by atoms with E-state index in [1.165, 1.54) is 5.56 Å². The van der Waals surface area contributed by atoms with Crippen molar-refractivity contribution in [2.45, 2.75) is 44.6 Å². The molecule has 1 aliphatic heterocycles. The number of carbonyl (C=O) groups is 1. The molecule has 0 bridgehead atoms. The monoisotopic (exact) mass is 317 g/mol. The van der Waals surface area contributed by atoms with Gasteiger partial charge in [-0.1, -0.05) is 18.2 Å². The molecule has 4 nitrogen and oxygen atoms in total. The van der Waals surface area contributed by atoms with Crippen molar-refractivity contribution in [3.63, 3.8) is 0 Å². The molecular weight excluding hydrogens is 290 g/mol. The maximum absolute atomic E-state index is 12.4. The van der Waals surface area contributed by atoms with Crippen molar-refractivity contribution in [2.75, 3.05) is 20.2 Å². The molecule has 1 aromatic carbocycles. The van der Waals surface area contributed by atoms with Crippen molar-refractivity contribution in [1.82, 2.24) is 4.90 Å². The smallest absolute Gasteiger partial charge is 0.225 e. The highest BCUT2D eigenvalue weighted by atomic mass is 16.5. The van der Waals surface area contributed by atoms with Gasteiger partial charge in [0.05, 0.1) is 12.7 Å². The lowest BCUT2D eigenvalue weighted by atomic mass is 9.71. The lowest BCUT2D eigenvalue weighted by Crippen LogP contribution is -2.51. The third-order valence-electron chi connectivity index (χ3n) is 5.35. The van der Waals surface area contributed by atoms with Crippen molar-refractivity contribution in [3.8, 4) is 5.75 Å². The molecule has 1 aliphatic carbocycles. The van der Waals surface area contributed by atoms with Crippen molar-refractivity contribution in [1.29, 1.82) is 0 Å². The molecule has 1 heterocycles. The molecule has 2 aliphatic rings. The topological polar surface area (TPSA) is 49.8 Å². The van der Waals surface area contributed by atoms with Crippen LogP contribution in [0.1, 0.15) is 38.2 Å². The Morgan fingerprint density at radius 1 is 1.30 bits per heavy atom. The Labute approximate surface area is 138 Å². The molecule has 126 valence electrons. The molecule has 1 saturated carbocycles. The van der Waals surface area contributed by atoms with E-state index < -0.39 is 5.60 Å². The molecule has 0 spiro atoms. The number of hydrogen-bond donors (Lipinski definition) is 1. The average molecular weight is 317 g/mol. The summed E-state index contributed by atoms with van der Waals surface area (Å²) < 4.78 is 5.43. The number of rotatable bonds is 4. The van der Waals surface area contributed by atoms with Crippen LogP contribution in [0.5, 0.6) is 5.75 Å². The maximum atomic E-state index is 12.4. The van der Waals surface area contributed by atoms with Crippen LogP contribution in [0.3, 0.4) is 0 Å². The lowest BCUT2D eigenvalue weighted by molar-refractivity contribution is -0.151. The third kappa shape index (κ3) is 3.69. The van der Waals surface area contributed by atoms with Crippen LogP contribution in [0, 0.1) is 11.8 Å². The summed E-state index contributed by atoms with van der Waals surface area (Å²) >= 11 is 0. The van der Waals surface area contributed by atoms with Gasteiger partial charge in [-0.2, -0.15) is 0 Å². The Hall–Kier alpha value is -1.55. The Kier molecular flexibility index (Phi) is 4.62. The molecule has 0 aromatic heterocycles. The summed E-state index contributed by atoms with van der Waals surface area (Å²) in [6.07, 6.45) is 4.35. The molecule has 1 N–H and O–H groups in total. The highest BCUT2D eigenvalue weighted by Crippen LogP contribution is 2.39. The molecule has 0 atom stereocenters. The van der Waals surface area contributed by atoms with Gasteiger partial charge in [-0.25, -0.2) is 0 Å². The molecule has 2 fully saturated rings. The molecule has 1 amide bonds. The van der Waals surface area contributed by atoms with Crippen LogP contribution < -0.4 is 4.74 Å². The summed E-state index contributed by atoms with van der Waals surface area (Å²) in [5.41, 5.74) is 0.637. The number of amides is 1. The van der Waals surface area contributed by atoms with Gasteiger partial charge < -0.3 is 14.7 Å². The number of piperidine rings is 1. The first-order valence-electron chi connectivity index (χ1n) is 8.61. The maximum Gasteiger partial charge on any atom is 0.225 e. The molecule has 1 saturated heterocycles. The van der Waals surface area contributed by atoms with Gasteiger partial charge in [0.1, 0.15) is 5.75 Å². The fourth-order valence-electron chi connectivity index (χ4n) is 3.97. The zero-order chi connectivity index (χ0) is 16.4. The van der Waals surface area contributed by atoms with E-state index in [1.807, 2.05) is 24.0 Å². The van der Waals surface area contributed by atoms with Crippen LogP contribution >= 0.6 is 0 Å². The standard InChI is InChI=1S/C19H27NO3/c1-19(22)12-16(13-19)18(21)20-9-7-14(8-10-20)11-15-5-3-4-6-17(15)23-2/h3-6,14,16,22H,7-13H2,1-2H3/t16-,19+. The van der Waals surface area contributed by atoms with Crippen LogP contribution in [0.25, 0.3) is 0 Å². The number of methoxy groups -OCH3 is 1. The summed E-state index contributed by atoms with van der Waals surface area (Å²) in [5.74, 6) is 1.85. The highest BCUT2D eigenvalue weighted by Gasteiger charge is 2.44. The molecule has 23 heavy (non-hydrogen) atoms. The van der Waals surface area contributed by atoms with Crippen LogP contribution in [0.15, 0.2) is 24.3 Å². The molecule has 1 aromatic rings. The summed E-state index contributed by atoms with van der Waals surface area (Å²) in [7, 11) is 1.72. The summed E-state index contributed by atoms with van der Waals surface area (Å²) in [5, 5.41) is 9.80. The molecule has 3 rings (SSSR count). The first-order chi connectivity index (χ1) is 11.0. The van der Waals surface area contributed by atoms with Gasteiger partial charge >= 0.3 is 0 Å². The first-order valence-corrected chi connectivity index (χ1v) is 8.61. The van der Waals surface area contributed by atoms with Crippen molar-refractivity contribution < 1.29 is 14.6 Å². The lowest BCUT2D eigenvalue weighted by Gasteiger charge is -2.43. The summed E-state index contributed by atoms with van der Waals surface area (Å²) in [6.45, 7) is 3.50. The minimum absolute atomic E-state index is 0.0377. The Balaban J connectivity index is 1.50. The Bertz CT molecular complexity index is 553. The van der Waals surface area contributed by atoms with Crippen LogP contribution in [0.4, 0.5) is 0 Å². The van der Waals surface area contributed by atoms with Crippen molar-refractivity contribution >= 4 is 5.91 Å². The van der Waals surface area contributed by atoms with E-state index >= 15 is 0 Å². The van der Waals surface area contributed by atoms with Gasteiger partial charge in [-0.15, -0.1) is 0 Å². The van der Waals surface area contributed by atoms with Crippen LogP contribution in [0.2, 0.25) is 0 Å². The minimum atomic E-state index is -0.623. The van der Waals surface area contributed by atoms with Crippen LogP contribution in [-0.4, -0.2) is 41.7 Å². The number of benzene rings is 1. The number of hydrogen-bond acceptors (Lipinski definition) is 3. The van der Waals surface area contributed by atoms with E-state index in [1.54, 1.807) is 7.11 Å². The Morgan fingerprint density at radius 3 is 2.57 bits per heavy atom. The van der Waals surface area contributed by atoms with E-state index in [4.69, 9.17) is 4.74 Å². The van der Waals surface area contributed by atoms with Gasteiger partial charge in [-0.05, 0) is 56.6 Å². The number of nitrogens with zero attached hydrogens (tertiary/aromatic N) is 1. The largest absolute Gasteiger partial charge is 0.496 e. The average Bonchev–Trinajstić information content (AvgIpc) is 2.53. The van der Waals surface area contributed by atoms with Gasteiger partial charge in [-0.3, -0.25) is 4.79 Å². The van der Waals surface area contributed by atoms with E-state index in [9.17, 15) is 9.90 Å². The zero-order valence-corrected chi connectivity index (χ0v) is 14.1. The Morgan fingerprint density at radius 2 is 1.96 bits per heavy atom. The summed E-state index contributed by atoms with van der Waals surface area (Å²) in [6, 6.07) is 8.19. The second kappa shape index (κ2) is 6.52. The third-order valence-corrected chi connectivity index (χ3v) is 5.35. The highest BCUT2D eigenvalue weighted by molar-refractivity contribution is 5.80. The second-order valence-corrected chi connectivity index (χ2v) is 7.39. The zero-order valence-electron chi connectivity index (χ0n) is 14.1. The van der Waals surface area contributed by atoms with E-state index in [2.05, 4.69) is 12.1 Å². The number of ether oxygens (including phenoxy) is 1. The summed E-state index contributed by atoms with van der Waals surface area (Å²) in [4.78, 5) is 14.4. The van der Waals surface area contributed by atoms with E-state index in [-0.39, 0.29) is 11.8 Å².